The highest BCUT2D eigenvalue weighted by molar-refractivity contribution is 5.94. The van der Waals surface area contributed by atoms with Gasteiger partial charge in [-0.05, 0) is 32.3 Å². The van der Waals surface area contributed by atoms with Gasteiger partial charge in [-0.3, -0.25) is 15.1 Å². The zero-order chi connectivity index (χ0) is 14.5. The molecule has 4 N–H and O–H groups in total. The van der Waals surface area contributed by atoms with E-state index >= 15 is 0 Å². The van der Waals surface area contributed by atoms with E-state index in [-0.39, 0.29) is 12.5 Å². The van der Waals surface area contributed by atoms with E-state index in [1.54, 1.807) is 13.0 Å². The molecule has 1 heterocycles. The molecule has 0 aromatic carbocycles. The number of hydrogen-bond donors (Lipinski definition) is 3. The van der Waals surface area contributed by atoms with E-state index in [0.29, 0.717) is 23.9 Å². The number of rotatable bonds is 7. The van der Waals surface area contributed by atoms with Gasteiger partial charge in [0.1, 0.15) is 11.5 Å². The van der Waals surface area contributed by atoms with Gasteiger partial charge < -0.3 is 9.52 Å². The number of aliphatic hydroxyl groups is 1. The van der Waals surface area contributed by atoms with Crippen molar-refractivity contribution in [3.05, 3.63) is 23.2 Å². The van der Waals surface area contributed by atoms with Crippen molar-refractivity contribution < 1.29 is 14.3 Å². The summed E-state index contributed by atoms with van der Waals surface area (Å²) < 4.78 is 5.65. The minimum atomic E-state index is -0.331. The summed E-state index contributed by atoms with van der Waals surface area (Å²) in [6, 6.07) is 2.32. The topological polar surface area (TPSA) is 91.7 Å². The third-order valence-corrected chi connectivity index (χ3v) is 3.90. The molecule has 0 aliphatic heterocycles. The molecule has 0 radical (unpaired) electrons. The van der Waals surface area contributed by atoms with Gasteiger partial charge in [0, 0.05) is 19.2 Å². The Bertz CT molecular complexity index is 455. The van der Waals surface area contributed by atoms with Gasteiger partial charge >= 0.3 is 0 Å². The highest BCUT2D eigenvalue weighted by Gasteiger charge is 2.26. The van der Waals surface area contributed by atoms with Gasteiger partial charge in [0.05, 0.1) is 12.1 Å². The number of aliphatic hydroxyl groups excluding tert-OH is 1. The van der Waals surface area contributed by atoms with Crippen LogP contribution in [0.15, 0.2) is 10.5 Å². The summed E-state index contributed by atoms with van der Waals surface area (Å²) in [4.78, 5) is 13.9. The van der Waals surface area contributed by atoms with E-state index in [1.165, 1.54) is 19.3 Å². The monoisotopic (exact) mass is 281 g/mol. The van der Waals surface area contributed by atoms with Crippen molar-refractivity contribution in [1.82, 2.24) is 10.3 Å². The Morgan fingerprint density at radius 3 is 2.90 bits per heavy atom. The van der Waals surface area contributed by atoms with Crippen molar-refractivity contribution >= 4 is 5.91 Å². The maximum absolute atomic E-state index is 11.6. The number of nitrogens with two attached hydrogens (primary N) is 1. The fraction of sp³-hybridized carbons (Fsp3) is 0.643. The summed E-state index contributed by atoms with van der Waals surface area (Å²) in [5.74, 6) is 6.17. The molecule has 2 rings (SSSR count). The first-order valence-corrected chi connectivity index (χ1v) is 7.11. The molecule has 0 unspecified atom stereocenters. The maximum Gasteiger partial charge on any atom is 0.268 e. The van der Waals surface area contributed by atoms with Gasteiger partial charge in [0.25, 0.3) is 5.91 Å². The number of carbonyl (C=O) groups excluding carboxylic acids is 1. The van der Waals surface area contributed by atoms with E-state index in [2.05, 4.69) is 10.3 Å². The molecule has 1 aromatic heterocycles. The highest BCUT2D eigenvalue weighted by Crippen LogP contribution is 2.27. The van der Waals surface area contributed by atoms with Crippen LogP contribution in [-0.4, -0.2) is 35.1 Å². The summed E-state index contributed by atoms with van der Waals surface area (Å²) in [5.41, 5.74) is 2.61. The minimum Gasteiger partial charge on any atom is -0.464 e. The Balaban J connectivity index is 2.04. The molecule has 0 spiro atoms. The summed E-state index contributed by atoms with van der Waals surface area (Å²) in [6.45, 7) is 3.47. The number of furan rings is 1. The van der Waals surface area contributed by atoms with Gasteiger partial charge in [-0.2, -0.15) is 0 Å². The Morgan fingerprint density at radius 1 is 1.60 bits per heavy atom. The predicted molar refractivity (Wildman–Crippen MR) is 74.9 cm³/mol. The average molecular weight is 281 g/mol. The Labute approximate surface area is 118 Å². The van der Waals surface area contributed by atoms with Crippen molar-refractivity contribution in [3.63, 3.8) is 0 Å². The van der Waals surface area contributed by atoms with Crippen molar-refractivity contribution in [2.75, 3.05) is 13.2 Å². The quantitative estimate of drug-likeness (QED) is 0.393. The largest absolute Gasteiger partial charge is 0.464 e. The molecule has 0 bridgehead atoms. The van der Waals surface area contributed by atoms with Gasteiger partial charge in [-0.15, -0.1) is 0 Å². The molecule has 1 saturated carbocycles. The van der Waals surface area contributed by atoms with Crippen LogP contribution in [0.2, 0.25) is 0 Å². The van der Waals surface area contributed by atoms with Crippen LogP contribution in [0.4, 0.5) is 0 Å². The fourth-order valence-corrected chi connectivity index (χ4v) is 2.54. The number of nitrogens with zero attached hydrogens (tertiary/aromatic N) is 1. The first kappa shape index (κ1) is 15.0. The Hall–Kier alpha value is -1.37. The third-order valence-electron chi connectivity index (χ3n) is 3.90. The first-order valence-electron chi connectivity index (χ1n) is 7.11. The van der Waals surface area contributed by atoms with Crippen LogP contribution < -0.4 is 11.3 Å². The van der Waals surface area contributed by atoms with Crippen LogP contribution in [0.25, 0.3) is 0 Å². The second kappa shape index (κ2) is 6.88. The highest BCUT2D eigenvalue weighted by atomic mass is 16.3. The summed E-state index contributed by atoms with van der Waals surface area (Å²) in [5, 5.41) is 8.99. The molecule has 0 saturated heterocycles. The maximum atomic E-state index is 11.6. The van der Waals surface area contributed by atoms with Gasteiger partial charge in [-0.25, -0.2) is 5.84 Å². The third kappa shape index (κ3) is 3.39. The lowest BCUT2D eigenvalue weighted by atomic mass is 9.91. The molecule has 6 heteroatoms. The Kier molecular flexibility index (Phi) is 5.17. The lowest BCUT2D eigenvalue weighted by Crippen LogP contribution is -2.40. The SMILES string of the molecule is Cc1oc(CN(CCCO)C2CCC2)cc1C(=O)NN. The van der Waals surface area contributed by atoms with Crippen LogP contribution in [0.5, 0.6) is 0 Å². The van der Waals surface area contributed by atoms with E-state index in [0.717, 1.165) is 18.7 Å². The molecule has 0 atom stereocenters. The second-order valence-corrected chi connectivity index (χ2v) is 5.29. The van der Waals surface area contributed by atoms with Crippen molar-refractivity contribution in [2.24, 2.45) is 5.84 Å². The number of amides is 1. The van der Waals surface area contributed by atoms with Crippen LogP contribution >= 0.6 is 0 Å². The molecule has 6 nitrogen and oxygen atoms in total. The minimum absolute atomic E-state index is 0.196. The van der Waals surface area contributed by atoms with Crippen LogP contribution in [0, 0.1) is 6.92 Å². The number of nitrogen functional groups attached to an aromatic ring is 1. The van der Waals surface area contributed by atoms with Gasteiger partial charge in [-0.1, -0.05) is 6.42 Å². The molecule has 1 aliphatic rings. The molecule has 20 heavy (non-hydrogen) atoms. The van der Waals surface area contributed by atoms with Crippen LogP contribution in [-0.2, 0) is 6.54 Å². The Morgan fingerprint density at radius 2 is 2.35 bits per heavy atom. The van der Waals surface area contributed by atoms with E-state index in [1.807, 2.05) is 0 Å². The number of nitrogens with one attached hydrogen (secondary N) is 1. The van der Waals surface area contributed by atoms with E-state index < -0.39 is 0 Å². The van der Waals surface area contributed by atoms with E-state index in [9.17, 15) is 4.79 Å². The molecule has 1 aliphatic carbocycles. The summed E-state index contributed by atoms with van der Waals surface area (Å²) in [7, 11) is 0. The lowest BCUT2D eigenvalue weighted by molar-refractivity contribution is 0.0952. The van der Waals surface area contributed by atoms with Gasteiger partial charge in [0.2, 0.25) is 0 Å². The molecule has 1 fully saturated rings. The number of hydrazine groups is 1. The second-order valence-electron chi connectivity index (χ2n) is 5.29. The summed E-state index contributed by atoms with van der Waals surface area (Å²) >= 11 is 0. The smallest absolute Gasteiger partial charge is 0.268 e. The lowest BCUT2D eigenvalue weighted by Gasteiger charge is -2.37. The van der Waals surface area contributed by atoms with Crippen molar-refractivity contribution in [1.29, 1.82) is 0 Å². The fourth-order valence-electron chi connectivity index (χ4n) is 2.54. The normalized spacial score (nSPS) is 15.4. The van der Waals surface area contributed by atoms with Gasteiger partial charge in [0.15, 0.2) is 0 Å². The van der Waals surface area contributed by atoms with Crippen LogP contribution in [0.1, 0.15) is 47.6 Å². The first-order chi connectivity index (χ1) is 9.65. The zero-order valence-corrected chi connectivity index (χ0v) is 11.9. The van der Waals surface area contributed by atoms with Crippen molar-refractivity contribution in [2.45, 2.75) is 45.2 Å². The zero-order valence-electron chi connectivity index (χ0n) is 11.9. The molecule has 1 amide bonds. The number of aryl methyl sites for hydroxylation is 1. The molecule has 112 valence electrons. The molecular formula is C14H23N3O3. The number of hydrogen-bond acceptors (Lipinski definition) is 5. The van der Waals surface area contributed by atoms with Crippen LogP contribution in [0.3, 0.4) is 0 Å². The average Bonchev–Trinajstić information content (AvgIpc) is 2.74. The number of carbonyl (C=O) groups is 1. The summed E-state index contributed by atoms with van der Waals surface area (Å²) in [6.07, 6.45) is 4.41. The van der Waals surface area contributed by atoms with Crippen molar-refractivity contribution in [3.8, 4) is 0 Å². The molecular weight excluding hydrogens is 258 g/mol. The standard InChI is InChI=1S/C14H23N3O3/c1-10-13(14(19)16-15)8-12(20-10)9-17(6-3-7-18)11-4-2-5-11/h8,11,18H,2-7,9,15H2,1H3,(H,16,19). The molecule has 1 aromatic rings. The predicted octanol–water partition coefficient (Wildman–Crippen LogP) is 0.928. The van der Waals surface area contributed by atoms with E-state index in [4.69, 9.17) is 15.4 Å².